The highest BCUT2D eigenvalue weighted by Crippen LogP contribution is 2.12. The van der Waals surface area contributed by atoms with E-state index in [9.17, 15) is 9.59 Å². The molecule has 0 aliphatic carbocycles. The number of esters is 1. The van der Waals surface area contributed by atoms with E-state index in [1.807, 2.05) is 24.3 Å². The molecule has 22 heavy (non-hydrogen) atoms. The molecule has 0 unspecified atom stereocenters. The normalized spacial score (nSPS) is 10.6. The van der Waals surface area contributed by atoms with Crippen LogP contribution in [0.5, 0.6) is 0 Å². The molecular formula is C17H14N2O3. The largest absolute Gasteiger partial charge is 0.465 e. The Labute approximate surface area is 126 Å². The Morgan fingerprint density at radius 1 is 1.14 bits per heavy atom. The Hall–Kier alpha value is -2.95. The highest BCUT2D eigenvalue weighted by atomic mass is 16.5. The van der Waals surface area contributed by atoms with Gasteiger partial charge in [-0.15, -0.1) is 0 Å². The van der Waals surface area contributed by atoms with Gasteiger partial charge < -0.3 is 4.74 Å². The fourth-order valence-corrected chi connectivity index (χ4v) is 2.37. The van der Waals surface area contributed by atoms with Gasteiger partial charge in [-0.25, -0.2) is 9.48 Å². The Morgan fingerprint density at radius 2 is 1.86 bits per heavy atom. The van der Waals surface area contributed by atoms with Crippen molar-refractivity contribution < 1.29 is 9.53 Å². The molecule has 5 nitrogen and oxygen atoms in total. The molecule has 0 atom stereocenters. The number of aromatic nitrogens is 2. The Balaban J connectivity index is 2.06. The number of carbonyl (C=O) groups excluding carboxylic acids is 1. The van der Waals surface area contributed by atoms with Crippen LogP contribution < -0.4 is 5.56 Å². The highest BCUT2D eigenvalue weighted by Gasteiger charge is 2.12. The van der Waals surface area contributed by atoms with Crippen LogP contribution in [0.4, 0.5) is 0 Å². The third-order valence-corrected chi connectivity index (χ3v) is 3.50. The lowest BCUT2D eigenvalue weighted by Crippen LogP contribution is -2.24. The molecule has 110 valence electrons. The van der Waals surface area contributed by atoms with Crippen LogP contribution >= 0.6 is 0 Å². The molecule has 0 fully saturated rings. The third kappa shape index (κ3) is 2.48. The van der Waals surface area contributed by atoms with Gasteiger partial charge in [0, 0.05) is 5.39 Å². The Morgan fingerprint density at radius 3 is 2.68 bits per heavy atom. The minimum Gasteiger partial charge on any atom is -0.465 e. The first-order chi connectivity index (χ1) is 10.7. The zero-order valence-corrected chi connectivity index (χ0v) is 12.0. The number of ether oxygens (including phenoxy) is 1. The first kappa shape index (κ1) is 14.0. The van der Waals surface area contributed by atoms with Crippen molar-refractivity contribution in [1.29, 1.82) is 0 Å². The minimum absolute atomic E-state index is 0.183. The Kier molecular flexibility index (Phi) is 3.70. The lowest BCUT2D eigenvalue weighted by molar-refractivity contribution is 0.0599. The zero-order valence-electron chi connectivity index (χ0n) is 12.0. The number of benzene rings is 2. The third-order valence-electron chi connectivity index (χ3n) is 3.50. The number of hydrogen-bond acceptors (Lipinski definition) is 4. The predicted octanol–water partition coefficient (Wildman–Crippen LogP) is 2.23. The molecule has 0 N–H and O–H groups in total. The smallest absolute Gasteiger partial charge is 0.338 e. The molecule has 2 aromatic carbocycles. The molecule has 5 heteroatoms. The first-order valence-electron chi connectivity index (χ1n) is 6.82. The van der Waals surface area contributed by atoms with Crippen molar-refractivity contribution in [3.05, 3.63) is 76.2 Å². The van der Waals surface area contributed by atoms with Gasteiger partial charge in [-0.1, -0.05) is 36.4 Å². The van der Waals surface area contributed by atoms with E-state index in [1.165, 1.54) is 11.8 Å². The van der Waals surface area contributed by atoms with Crippen LogP contribution in [-0.4, -0.2) is 22.9 Å². The first-order valence-corrected chi connectivity index (χ1v) is 6.82. The summed E-state index contributed by atoms with van der Waals surface area (Å²) >= 11 is 0. The molecule has 0 saturated carbocycles. The molecule has 1 heterocycles. The van der Waals surface area contributed by atoms with Crippen molar-refractivity contribution in [2.24, 2.45) is 0 Å². The van der Waals surface area contributed by atoms with Gasteiger partial charge in [0.15, 0.2) is 0 Å². The van der Waals surface area contributed by atoms with Crippen molar-refractivity contribution >= 4 is 16.7 Å². The van der Waals surface area contributed by atoms with Crippen molar-refractivity contribution in [2.45, 2.75) is 6.54 Å². The van der Waals surface area contributed by atoms with Gasteiger partial charge in [-0.2, -0.15) is 5.10 Å². The number of methoxy groups -OCH3 is 1. The van der Waals surface area contributed by atoms with Gasteiger partial charge in [0.2, 0.25) is 0 Å². The van der Waals surface area contributed by atoms with E-state index in [0.717, 1.165) is 5.39 Å². The molecule has 0 radical (unpaired) electrons. The van der Waals surface area contributed by atoms with Crippen molar-refractivity contribution in [1.82, 2.24) is 9.78 Å². The fraction of sp³-hybridized carbons (Fsp3) is 0.118. The van der Waals surface area contributed by atoms with E-state index in [2.05, 4.69) is 5.10 Å². The lowest BCUT2D eigenvalue weighted by Gasteiger charge is -2.09. The van der Waals surface area contributed by atoms with Gasteiger partial charge in [0.1, 0.15) is 0 Å². The maximum atomic E-state index is 12.5. The summed E-state index contributed by atoms with van der Waals surface area (Å²) in [4.78, 5) is 24.3. The second-order valence-electron chi connectivity index (χ2n) is 4.84. The minimum atomic E-state index is -0.426. The van der Waals surface area contributed by atoms with E-state index in [-0.39, 0.29) is 12.1 Å². The number of carbonyl (C=O) groups is 1. The average Bonchev–Trinajstić information content (AvgIpc) is 2.57. The maximum absolute atomic E-state index is 12.5. The van der Waals surface area contributed by atoms with Crippen LogP contribution in [0.15, 0.2) is 59.5 Å². The highest BCUT2D eigenvalue weighted by molar-refractivity contribution is 5.91. The summed E-state index contributed by atoms with van der Waals surface area (Å²) in [6.45, 7) is 0.217. The van der Waals surface area contributed by atoms with Crippen LogP contribution in [0, 0.1) is 0 Å². The molecule has 3 aromatic rings. The molecule has 1 aromatic heterocycles. The summed E-state index contributed by atoms with van der Waals surface area (Å²) in [6, 6.07) is 14.3. The maximum Gasteiger partial charge on any atom is 0.338 e. The van der Waals surface area contributed by atoms with E-state index >= 15 is 0 Å². The van der Waals surface area contributed by atoms with Gasteiger partial charge >= 0.3 is 5.97 Å². The quantitative estimate of drug-likeness (QED) is 0.695. The van der Waals surface area contributed by atoms with E-state index < -0.39 is 5.97 Å². The molecule has 0 aliphatic heterocycles. The van der Waals surface area contributed by atoms with Crippen LogP contribution in [0.3, 0.4) is 0 Å². The summed E-state index contributed by atoms with van der Waals surface area (Å²) in [5, 5.41) is 5.58. The Bertz CT molecular complexity index is 900. The summed E-state index contributed by atoms with van der Waals surface area (Å²) in [5.74, 6) is -0.426. The summed E-state index contributed by atoms with van der Waals surface area (Å²) in [6.07, 6.45) is 1.65. The van der Waals surface area contributed by atoms with Crippen LogP contribution in [-0.2, 0) is 11.3 Å². The van der Waals surface area contributed by atoms with E-state index in [4.69, 9.17) is 4.74 Å². The number of fused-ring (bicyclic) bond motifs is 1. The van der Waals surface area contributed by atoms with E-state index in [1.54, 1.807) is 30.5 Å². The summed E-state index contributed by atoms with van der Waals surface area (Å²) in [7, 11) is 1.33. The van der Waals surface area contributed by atoms with Gasteiger partial charge in [0.25, 0.3) is 5.56 Å². The van der Waals surface area contributed by atoms with Gasteiger partial charge in [-0.3, -0.25) is 4.79 Å². The number of rotatable bonds is 3. The molecule has 0 spiro atoms. The topological polar surface area (TPSA) is 61.2 Å². The molecule has 0 bridgehead atoms. The number of nitrogens with zero attached hydrogens (tertiary/aromatic N) is 2. The van der Waals surface area contributed by atoms with Crippen LogP contribution in [0.2, 0.25) is 0 Å². The summed E-state index contributed by atoms with van der Waals surface area (Å²) in [5.41, 5.74) is 0.948. The molecule has 3 rings (SSSR count). The number of hydrogen-bond donors (Lipinski definition) is 0. The lowest BCUT2D eigenvalue weighted by atomic mass is 10.1. The van der Waals surface area contributed by atoms with Gasteiger partial charge in [0.05, 0.1) is 30.8 Å². The second kappa shape index (κ2) is 5.81. The molecule has 0 aliphatic rings. The predicted molar refractivity (Wildman–Crippen MR) is 82.9 cm³/mol. The summed E-state index contributed by atoms with van der Waals surface area (Å²) < 4.78 is 6.12. The standard InChI is InChI=1S/C17H14N2O3/c1-22-17(21)15-9-5-3-7-13(15)11-19-16(20)14-8-4-2-6-12(14)10-18-19/h2-10H,11H2,1H3. The van der Waals surface area contributed by atoms with Crippen molar-refractivity contribution in [2.75, 3.05) is 7.11 Å². The van der Waals surface area contributed by atoms with Crippen LogP contribution in [0.1, 0.15) is 15.9 Å². The monoisotopic (exact) mass is 294 g/mol. The second-order valence-corrected chi connectivity index (χ2v) is 4.84. The van der Waals surface area contributed by atoms with Gasteiger partial charge in [-0.05, 0) is 17.7 Å². The fourth-order valence-electron chi connectivity index (χ4n) is 2.37. The van der Waals surface area contributed by atoms with Crippen molar-refractivity contribution in [3.8, 4) is 0 Å². The SMILES string of the molecule is COC(=O)c1ccccc1Cn1ncc2ccccc2c1=O. The molecular weight excluding hydrogens is 280 g/mol. The average molecular weight is 294 g/mol. The van der Waals surface area contributed by atoms with Crippen LogP contribution in [0.25, 0.3) is 10.8 Å². The molecule has 0 amide bonds. The molecule has 0 saturated heterocycles. The van der Waals surface area contributed by atoms with E-state index in [0.29, 0.717) is 16.5 Å². The van der Waals surface area contributed by atoms with Crippen molar-refractivity contribution in [3.63, 3.8) is 0 Å². The zero-order chi connectivity index (χ0) is 15.5.